The fraction of sp³-hybridized carbons (Fsp3) is 0.435. The summed E-state index contributed by atoms with van der Waals surface area (Å²) in [4.78, 5) is 13.1. The fourth-order valence-electron chi connectivity index (χ4n) is 3.55. The van der Waals surface area contributed by atoms with Crippen LogP contribution < -0.4 is 5.32 Å². The number of morpholine rings is 1. The molecule has 3 rings (SSSR count). The molecule has 0 aliphatic carbocycles. The maximum atomic E-state index is 13.0. The molecule has 1 aliphatic heterocycles. The average Bonchev–Trinajstić information content (AvgIpc) is 2.78. The van der Waals surface area contributed by atoms with Crippen molar-refractivity contribution in [3.05, 3.63) is 65.2 Å². The second-order valence-electron chi connectivity index (χ2n) is 7.83. The molecule has 1 N–H and O–H groups in total. The lowest BCUT2D eigenvalue weighted by Gasteiger charge is -2.26. The molecule has 30 heavy (non-hydrogen) atoms. The van der Waals surface area contributed by atoms with Gasteiger partial charge in [-0.2, -0.15) is 4.31 Å². The van der Waals surface area contributed by atoms with E-state index < -0.39 is 10.0 Å². The van der Waals surface area contributed by atoms with Crippen LogP contribution in [0.4, 0.5) is 0 Å². The number of carbonyl (C=O) groups excluding carboxylic acids is 1. The average molecular weight is 431 g/mol. The quantitative estimate of drug-likeness (QED) is 0.731. The zero-order chi connectivity index (χ0) is 21.7. The monoisotopic (exact) mass is 430 g/mol. The smallest absolute Gasteiger partial charge is 0.251 e. The molecule has 1 amide bonds. The first-order valence-corrected chi connectivity index (χ1v) is 11.8. The minimum atomic E-state index is -3.65. The van der Waals surface area contributed by atoms with Gasteiger partial charge in [0.2, 0.25) is 10.0 Å². The highest BCUT2D eigenvalue weighted by atomic mass is 32.2. The molecule has 1 atom stereocenters. The summed E-state index contributed by atoms with van der Waals surface area (Å²) in [6.45, 7) is 7.62. The van der Waals surface area contributed by atoms with Gasteiger partial charge in [0.25, 0.3) is 5.91 Å². The molecule has 6 nitrogen and oxygen atoms in total. The van der Waals surface area contributed by atoms with Gasteiger partial charge in [0.05, 0.1) is 24.2 Å². The number of sulfonamides is 1. The highest BCUT2D eigenvalue weighted by Crippen LogP contribution is 2.24. The summed E-state index contributed by atoms with van der Waals surface area (Å²) in [6.07, 6.45) is 0.962. The summed E-state index contributed by atoms with van der Waals surface area (Å²) in [5, 5.41) is 3.08. The second-order valence-corrected chi connectivity index (χ2v) is 9.77. The van der Waals surface area contributed by atoms with E-state index in [0.717, 1.165) is 12.0 Å². The molecule has 162 valence electrons. The molecule has 1 saturated heterocycles. The van der Waals surface area contributed by atoms with Gasteiger partial charge in [0.1, 0.15) is 0 Å². The molecule has 1 aliphatic rings. The van der Waals surface area contributed by atoms with Crippen molar-refractivity contribution in [2.24, 2.45) is 5.92 Å². The molecule has 0 radical (unpaired) electrons. The minimum Gasteiger partial charge on any atom is -0.379 e. The maximum Gasteiger partial charge on any atom is 0.251 e. The number of amides is 1. The first-order chi connectivity index (χ1) is 14.3. The molecule has 2 aromatic rings. The van der Waals surface area contributed by atoms with Crippen molar-refractivity contribution >= 4 is 15.9 Å². The van der Waals surface area contributed by atoms with Crippen molar-refractivity contribution in [2.75, 3.05) is 26.3 Å². The lowest BCUT2D eigenvalue weighted by molar-refractivity contribution is 0.0730. The molecule has 0 unspecified atom stereocenters. The summed E-state index contributed by atoms with van der Waals surface area (Å²) in [7, 11) is -3.65. The Bertz CT molecular complexity index is 965. The van der Waals surface area contributed by atoms with Gasteiger partial charge in [-0.05, 0) is 41.7 Å². The van der Waals surface area contributed by atoms with E-state index >= 15 is 0 Å². The van der Waals surface area contributed by atoms with Gasteiger partial charge in [-0.25, -0.2) is 8.42 Å². The van der Waals surface area contributed by atoms with Gasteiger partial charge in [-0.15, -0.1) is 0 Å². The fourth-order valence-corrected chi connectivity index (χ4v) is 5.01. The van der Waals surface area contributed by atoms with Crippen LogP contribution in [0.3, 0.4) is 0 Å². The topological polar surface area (TPSA) is 75.7 Å². The van der Waals surface area contributed by atoms with Crippen molar-refractivity contribution in [1.29, 1.82) is 0 Å². The van der Waals surface area contributed by atoms with Crippen LogP contribution >= 0.6 is 0 Å². The van der Waals surface area contributed by atoms with Gasteiger partial charge in [-0.1, -0.05) is 51.1 Å². The first kappa shape index (κ1) is 22.5. The zero-order valence-corrected chi connectivity index (χ0v) is 18.6. The predicted molar refractivity (Wildman–Crippen MR) is 117 cm³/mol. The predicted octanol–water partition coefficient (Wildman–Crippen LogP) is 3.40. The van der Waals surface area contributed by atoms with Gasteiger partial charge in [0, 0.05) is 18.7 Å². The first-order valence-electron chi connectivity index (χ1n) is 10.4. The van der Waals surface area contributed by atoms with Crippen LogP contribution in [0.1, 0.15) is 48.3 Å². The third-order valence-corrected chi connectivity index (χ3v) is 7.30. The molecular weight excluding hydrogens is 400 g/mol. The Morgan fingerprint density at radius 3 is 2.37 bits per heavy atom. The van der Waals surface area contributed by atoms with Gasteiger partial charge in [-0.3, -0.25) is 4.79 Å². The van der Waals surface area contributed by atoms with Crippen LogP contribution in [0.5, 0.6) is 0 Å². The van der Waals surface area contributed by atoms with Crippen LogP contribution in [-0.4, -0.2) is 44.9 Å². The Labute approximate surface area is 179 Å². The zero-order valence-electron chi connectivity index (χ0n) is 17.8. The number of aryl methyl sites for hydroxylation is 1. The normalized spacial score (nSPS) is 16.4. The van der Waals surface area contributed by atoms with E-state index in [0.29, 0.717) is 31.9 Å². The minimum absolute atomic E-state index is 0.130. The highest BCUT2D eigenvalue weighted by Gasteiger charge is 2.27. The number of ether oxygens (including phenoxy) is 1. The molecular formula is C23H30N2O4S. The van der Waals surface area contributed by atoms with Crippen molar-refractivity contribution < 1.29 is 17.9 Å². The summed E-state index contributed by atoms with van der Waals surface area (Å²) in [5.74, 6) is -0.103. The van der Waals surface area contributed by atoms with E-state index in [-0.39, 0.29) is 22.8 Å². The summed E-state index contributed by atoms with van der Waals surface area (Å²) < 4.78 is 32.5. The van der Waals surface area contributed by atoms with Crippen molar-refractivity contribution in [2.45, 2.75) is 38.1 Å². The van der Waals surface area contributed by atoms with Crippen molar-refractivity contribution in [1.82, 2.24) is 9.62 Å². The van der Waals surface area contributed by atoms with Crippen LogP contribution in [0, 0.1) is 5.92 Å². The van der Waals surface area contributed by atoms with E-state index in [2.05, 4.69) is 38.2 Å². The van der Waals surface area contributed by atoms with Crippen LogP contribution in [-0.2, 0) is 21.2 Å². The Morgan fingerprint density at radius 1 is 1.10 bits per heavy atom. The van der Waals surface area contributed by atoms with E-state index in [1.165, 1.54) is 22.0 Å². The largest absolute Gasteiger partial charge is 0.379 e. The summed E-state index contributed by atoms with van der Waals surface area (Å²) in [6, 6.07) is 14.3. The van der Waals surface area contributed by atoms with Crippen LogP contribution in [0.2, 0.25) is 0 Å². The highest BCUT2D eigenvalue weighted by molar-refractivity contribution is 7.89. The number of hydrogen-bond acceptors (Lipinski definition) is 4. The molecule has 7 heteroatoms. The van der Waals surface area contributed by atoms with E-state index in [1.54, 1.807) is 12.1 Å². The SMILES string of the molecule is CCc1ccc([C@@H](NC(=O)c2cccc(S(=O)(=O)N3CCOCC3)c2)C(C)C)cc1. The third-order valence-electron chi connectivity index (χ3n) is 5.40. The lowest BCUT2D eigenvalue weighted by Crippen LogP contribution is -2.40. The standard InChI is InChI=1S/C23H30N2O4S/c1-4-18-8-10-19(11-9-18)22(17(2)3)24-23(26)20-6-5-7-21(16-20)30(27,28)25-12-14-29-15-13-25/h5-11,16-17,22H,4,12-15H2,1-3H3,(H,24,26)/t22-/m0/s1. The molecule has 0 saturated carbocycles. The van der Waals surface area contributed by atoms with E-state index in [4.69, 9.17) is 4.74 Å². The summed E-state index contributed by atoms with van der Waals surface area (Å²) in [5.41, 5.74) is 2.61. The second kappa shape index (κ2) is 9.73. The molecule has 2 aromatic carbocycles. The number of rotatable bonds is 7. The maximum absolute atomic E-state index is 13.0. The number of carbonyl (C=O) groups is 1. The third kappa shape index (κ3) is 5.09. The Balaban J connectivity index is 1.81. The van der Waals surface area contributed by atoms with Crippen LogP contribution in [0.25, 0.3) is 0 Å². The number of hydrogen-bond donors (Lipinski definition) is 1. The Hall–Kier alpha value is -2.22. The molecule has 1 fully saturated rings. The molecule has 1 heterocycles. The Kier molecular flexibility index (Phi) is 7.28. The molecule has 0 spiro atoms. The van der Waals surface area contributed by atoms with Crippen molar-refractivity contribution in [3.8, 4) is 0 Å². The van der Waals surface area contributed by atoms with Gasteiger partial charge < -0.3 is 10.1 Å². The number of benzene rings is 2. The lowest BCUT2D eigenvalue weighted by atomic mass is 9.94. The number of nitrogens with one attached hydrogen (secondary N) is 1. The van der Waals surface area contributed by atoms with Gasteiger partial charge in [0.15, 0.2) is 0 Å². The Morgan fingerprint density at radius 2 is 1.77 bits per heavy atom. The van der Waals surface area contributed by atoms with Crippen LogP contribution in [0.15, 0.2) is 53.4 Å². The molecule has 0 aromatic heterocycles. The summed E-state index contributed by atoms with van der Waals surface area (Å²) >= 11 is 0. The number of nitrogens with zero attached hydrogens (tertiary/aromatic N) is 1. The van der Waals surface area contributed by atoms with Gasteiger partial charge >= 0.3 is 0 Å². The van der Waals surface area contributed by atoms with Crippen molar-refractivity contribution in [3.63, 3.8) is 0 Å². The van der Waals surface area contributed by atoms with E-state index in [1.807, 2.05) is 12.1 Å². The van der Waals surface area contributed by atoms with E-state index in [9.17, 15) is 13.2 Å². The molecule has 0 bridgehead atoms.